The second-order valence-corrected chi connectivity index (χ2v) is 7.95. The summed E-state index contributed by atoms with van der Waals surface area (Å²) in [7, 11) is 0. The number of ketones is 1. The Morgan fingerprint density at radius 3 is 2.64 bits per heavy atom. The van der Waals surface area contributed by atoms with Crippen molar-refractivity contribution in [3.05, 3.63) is 74.2 Å². The number of benzene rings is 1. The lowest BCUT2D eigenvalue weighted by Crippen LogP contribution is -2.17. The Labute approximate surface area is 172 Å². The van der Waals surface area contributed by atoms with Crippen LogP contribution in [-0.2, 0) is 13.0 Å². The summed E-state index contributed by atoms with van der Waals surface area (Å²) in [4.78, 5) is 25.6. The zero-order chi connectivity index (χ0) is 20.3. The minimum absolute atomic E-state index is 0.161. The minimum Gasteiger partial charge on any atom is -0.485 e. The zero-order valence-electron chi connectivity index (χ0n) is 15.7. The third-order valence-corrected chi connectivity index (χ3v) is 5.78. The number of ether oxygens (including phenoxy) is 1. The molecule has 1 amide bonds. The van der Waals surface area contributed by atoms with Gasteiger partial charge in [-0.05, 0) is 56.0 Å². The second kappa shape index (κ2) is 8.63. The molecule has 0 spiro atoms. The van der Waals surface area contributed by atoms with Crippen LogP contribution in [0, 0.1) is 13.8 Å². The molecule has 0 aliphatic rings. The van der Waals surface area contributed by atoms with Crippen molar-refractivity contribution in [3.8, 4) is 5.75 Å². The van der Waals surface area contributed by atoms with E-state index in [9.17, 15) is 9.59 Å². The average molecular weight is 417 g/mol. The lowest BCUT2D eigenvalue weighted by Gasteiger charge is -2.11. The molecule has 0 radical (unpaired) electrons. The highest BCUT2D eigenvalue weighted by Gasteiger charge is 2.18. The lowest BCUT2D eigenvalue weighted by molar-refractivity contribution is 0.0911. The van der Waals surface area contributed by atoms with Gasteiger partial charge in [0, 0.05) is 33.4 Å². The number of primary amides is 1. The molecule has 2 aromatic heterocycles. The summed E-state index contributed by atoms with van der Waals surface area (Å²) < 4.78 is 7.72. The molecule has 0 fully saturated rings. The first-order chi connectivity index (χ1) is 13.4. The molecule has 3 rings (SSSR count). The molecule has 0 saturated carbocycles. The molecule has 146 valence electrons. The molecule has 0 unspecified atom stereocenters. The normalized spacial score (nSPS) is 10.8. The molecule has 0 saturated heterocycles. The van der Waals surface area contributed by atoms with Crippen LogP contribution in [0.15, 0.2) is 41.8 Å². The predicted molar refractivity (Wildman–Crippen MR) is 112 cm³/mol. The molecule has 7 heteroatoms. The monoisotopic (exact) mass is 416 g/mol. The van der Waals surface area contributed by atoms with Crippen LogP contribution in [0.25, 0.3) is 0 Å². The number of nitrogens with zero attached hydrogens (tertiary/aromatic N) is 1. The Morgan fingerprint density at radius 2 is 1.96 bits per heavy atom. The first kappa shape index (κ1) is 20.2. The minimum atomic E-state index is -0.633. The van der Waals surface area contributed by atoms with Crippen LogP contribution in [-0.4, -0.2) is 22.9 Å². The molecular formula is C21H21ClN2O3S. The van der Waals surface area contributed by atoms with E-state index in [1.807, 2.05) is 26.0 Å². The number of thiophene rings is 1. The number of rotatable bonds is 8. The first-order valence-corrected chi connectivity index (χ1v) is 10.1. The summed E-state index contributed by atoms with van der Waals surface area (Å²) in [6.07, 6.45) is 0.919. The Hall–Kier alpha value is -2.57. The van der Waals surface area contributed by atoms with Gasteiger partial charge >= 0.3 is 0 Å². The summed E-state index contributed by atoms with van der Waals surface area (Å²) in [6, 6.07) is 10.6. The van der Waals surface area contributed by atoms with E-state index < -0.39 is 5.91 Å². The van der Waals surface area contributed by atoms with Crippen LogP contribution in [0.4, 0.5) is 0 Å². The number of Topliss-reactive ketones (excluding diaryl/α,β-unsaturated/α-hetero) is 1. The number of aryl methyl sites for hydroxylation is 2. The summed E-state index contributed by atoms with van der Waals surface area (Å²) in [6.45, 7) is 4.53. The van der Waals surface area contributed by atoms with Gasteiger partial charge in [0.2, 0.25) is 5.78 Å². The van der Waals surface area contributed by atoms with Crippen LogP contribution >= 0.6 is 22.9 Å². The smallest absolute Gasteiger partial charge is 0.252 e. The van der Waals surface area contributed by atoms with E-state index in [4.69, 9.17) is 22.1 Å². The van der Waals surface area contributed by atoms with Crippen LogP contribution in [0.2, 0.25) is 5.02 Å². The van der Waals surface area contributed by atoms with Crippen molar-refractivity contribution in [2.45, 2.75) is 26.8 Å². The number of hydrogen-bond acceptors (Lipinski definition) is 4. The van der Waals surface area contributed by atoms with Crippen molar-refractivity contribution in [2.75, 3.05) is 6.61 Å². The molecule has 28 heavy (non-hydrogen) atoms. The molecule has 2 N–H and O–H groups in total. The van der Waals surface area contributed by atoms with Gasteiger partial charge in [0.15, 0.2) is 6.61 Å². The number of hydrogen-bond donors (Lipinski definition) is 1. The Kier molecular flexibility index (Phi) is 6.21. The standard InChI is InChI=1S/C21H21ClN2O3S/c1-13-10-18(14(2)24(13)8-7-16-4-3-9-28-16)19(25)12-27-20-11-15(22)5-6-17(20)21(23)26/h3-6,9-11H,7-8,12H2,1-2H3,(H2,23,26). The van der Waals surface area contributed by atoms with Gasteiger partial charge in [-0.15, -0.1) is 11.3 Å². The van der Waals surface area contributed by atoms with Gasteiger partial charge in [-0.2, -0.15) is 0 Å². The van der Waals surface area contributed by atoms with E-state index >= 15 is 0 Å². The largest absolute Gasteiger partial charge is 0.485 e. The predicted octanol–water partition coefficient (Wildman–Crippen LogP) is 4.42. The molecule has 0 aliphatic heterocycles. The number of carbonyl (C=O) groups is 2. The van der Waals surface area contributed by atoms with Gasteiger partial charge < -0.3 is 15.0 Å². The maximum Gasteiger partial charge on any atom is 0.252 e. The lowest BCUT2D eigenvalue weighted by atomic mass is 10.1. The topological polar surface area (TPSA) is 74.3 Å². The average Bonchev–Trinajstić information content (AvgIpc) is 3.26. The summed E-state index contributed by atoms with van der Waals surface area (Å²) in [5.74, 6) is -0.586. The fraction of sp³-hybridized carbons (Fsp3) is 0.238. The zero-order valence-corrected chi connectivity index (χ0v) is 17.3. The van der Waals surface area contributed by atoms with E-state index in [2.05, 4.69) is 16.0 Å². The van der Waals surface area contributed by atoms with Gasteiger partial charge in [0.25, 0.3) is 5.91 Å². The highest BCUT2D eigenvalue weighted by Crippen LogP contribution is 2.24. The first-order valence-electron chi connectivity index (χ1n) is 8.81. The highest BCUT2D eigenvalue weighted by atomic mass is 35.5. The van der Waals surface area contributed by atoms with E-state index in [1.165, 1.54) is 17.0 Å². The fourth-order valence-electron chi connectivity index (χ4n) is 3.14. The van der Waals surface area contributed by atoms with Crippen LogP contribution < -0.4 is 10.5 Å². The molecule has 1 aromatic carbocycles. The van der Waals surface area contributed by atoms with E-state index in [0.717, 1.165) is 24.4 Å². The van der Waals surface area contributed by atoms with Crippen LogP contribution in [0.1, 0.15) is 37.0 Å². The number of amides is 1. The van der Waals surface area contributed by atoms with Gasteiger partial charge in [-0.3, -0.25) is 9.59 Å². The van der Waals surface area contributed by atoms with Crippen molar-refractivity contribution < 1.29 is 14.3 Å². The molecular weight excluding hydrogens is 396 g/mol. The van der Waals surface area contributed by atoms with E-state index in [0.29, 0.717) is 10.6 Å². The van der Waals surface area contributed by atoms with Gasteiger partial charge in [0.1, 0.15) is 5.75 Å². The number of halogens is 1. The Balaban J connectivity index is 1.72. The Bertz CT molecular complexity index is 1010. The fourth-order valence-corrected chi connectivity index (χ4v) is 4.00. The highest BCUT2D eigenvalue weighted by molar-refractivity contribution is 7.09. The molecule has 2 heterocycles. The van der Waals surface area contributed by atoms with Crippen LogP contribution in [0.3, 0.4) is 0 Å². The van der Waals surface area contributed by atoms with Crippen LogP contribution in [0.5, 0.6) is 5.75 Å². The van der Waals surface area contributed by atoms with Crippen molar-refractivity contribution in [2.24, 2.45) is 5.73 Å². The third kappa shape index (κ3) is 4.46. The SMILES string of the molecule is Cc1cc(C(=O)COc2cc(Cl)ccc2C(N)=O)c(C)n1CCc1cccs1. The number of carbonyl (C=O) groups excluding carboxylic acids is 2. The summed E-state index contributed by atoms with van der Waals surface area (Å²) >= 11 is 7.69. The Morgan fingerprint density at radius 1 is 1.18 bits per heavy atom. The quantitative estimate of drug-likeness (QED) is 0.552. The maximum atomic E-state index is 12.7. The molecule has 5 nitrogen and oxygen atoms in total. The molecule has 0 aliphatic carbocycles. The maximum absolute atomic E-state index is 12.7. The van der Waals surface area contributed by atoms with E-state index in [-0.39, 0.29) is 23.7 Å². The van der Waals surface area contributed by atoms with Gasteiger partial charge in [-0.25, -0.2) is 0 Å². The molecule has 0 bridgehead atoms. The van der Waals surface area contributed by atoms with Crippen molar-refractivity contribution in [3.63, 3.8) is 0 Å². The number of nitrogens with two attached hydrogens (primary N) is 1. The second-order valence-electron chi connectivity index (χ2n) is 6.48. The van der Waals surface area contributed by atoms with E-state index in [1.54, 1.807) is 17.4 Å². The van der Waals surface area contributed by atoms with Crippen molar-refractivity contribution >= 4 is 34.6 Å². The van der Waals surface area contributed by atoms with Gasteiger partial charge in [-0.1, -0.05) is 17.7 Å². The van der Waals surface area contributed by atoms with Crippen molar-refractivity contribution in [1.82, 2.24) is 4.57 Å². The summed E-state index contributed by atoms with van der Waals surface area (Å²) in [5.41, 5.74) is 8.10. The third-order valence-electron chi connectivity index (χ3n) is 4.60. The summed E-state index contributed by atoms with van der Waals surface area (Å²) in [5, 5.41) is 2.46. The molecule has 3 aromatic rings. The van der Waals surface area contributed by atoms with Gasteiger partial charge in [0.05, 0.1) is 5.56 Å². The van der Waals surface area contributed by atoms with Crippen molar-refractivity contribution in [1.29, 1.82) is 0 Å². The molecule has 0 atom stereocenters. The number of aromatic nitrogens is 1.